The van der Waals surface area contributed by atoms with Crippen molar-refractivity contribution in [2.24, 2.45) is 0 Å². The van der Waals surface area contributed by atoms with Crippen LogP contribution in [0.15, 0.2) is 0 Å². The third-order valence-electron chi connectivity index (χ3n) is 1.67. The van der Waals surface area contributed by atoms with Gasteiger partial charge in [0.1, 0.15) is 0 Å². The van der Waals surface area contributed by atoms with E-state index in [0.717, 1.165) is 0 Å². The first-order valence-corrected chi connectivity index (χ1v) is 4.68. The Morgan fingerprint density at radius 1 is 1.21 bits per heavy atom. The van der Waals surface area contributed by atoms with Gasteiger partial charge in [-0.25, -0.2) is 0 Å². The molecule has 0 aromatic rings. The molecule has 0 aliphatic rings. The van der Waals surface area contributed by atoms with Gasteiger partial charge in [0.05, 0.1) is 12.0 Å². The lowest BCUT2D eigenvalue weighted by Crippen LogP contribution is -2.38. The van der Waals surface area contributed by atoms with Crippen LogP contribution in [0.2, 0.25) is 0 Å². The Kier molecular flexibility index (Phi) is 5.44. The fourth-order valence-corrected chi connectivity index (χ4v) is 1.06. The molecule has 0 saturated carbocycles. The molecule has 0 bridgehead atoms. The lowest BCUT2D eigenvalue weighted by Gasteiger charge is -2.25. The summed E-state index contributed by atoms with van der Waals surface area (Å²) in [6.07, 6.45) is -4.88. The largest absolute Gasteiger partial charge is 0.390 e. The van der Waals surface area contributed by atoms with Gasteiger partial charge in [0, 0.05) is 19.7 Å². The molecule has 1 N–H and O–H groups in total. The molecule has 0 unspecified atom stereocenters. The summed E-state index contributed by atoms with van der Waals surface area (Å²) in [5, 5.41) is 2.72. The van der Waals surface area contributed by atoms with Gasteiger partial charge in [-0.3, -0.25) is 0 Å². The molecular weight excluding hydrogens is 195 g/mol. The van der Waals surface area contributed by atoms with Crippen molar-refractivity contribution < 1.29 is 17.9 Å². The van der Waals surface area contributed by atoms with Gasteiger partial charge in [-0.2, -0.15) is 13.2 Å². The average molecular weight is 213 g/mol. The molecule has 0 aromatic heterocycles. The Hall–Kier alpha value is -0.290. The summed E-state index contributed by atoms with van der Waals surface area (Å²) in [6.45, 7) is 6.48. The highest BCUT2D eigenvalue weighted by Gasteiger charge is 2.26. The lowest BCUT2D eigenvalue weighted by molar-refractivity contribution is -0.134. The summed E-state index contributed by atoms with van der Waals surface area (Å²) in [6, 6.07) is 0. The van der Waals surface area contributed by atoms with Crippen LogP contribution in [0.3, 0.4) is 0 Å². The SMILES string of the molecule is CCOC(C)(C)CNCCC(F)(F)F. The van der Waals surface area contributed by atoms with Crippen LogP contribution in [0.1, 0.15) is 27.2 Å². The summed E-state index contributed by atoms with van der Waals surface area (Å²) in [5.41, 5.74) is -0.402. The average Bonchev–Trinajstić information content (AvgIpc) is 1.96. The van der Waals surface area contributed by atoms with Crippen LogP contribution in [0, 0.1) is 0 Å². The van der Waals surface area contributed by atoms with E-state index in [-0.39, 0.29) is 6.54 Å². The molecule has 0 fully saturated rings. The number of rotatable bonds is 6. The molecule has 0 rings (SSSR count). The zero-order valence-electron chi connectivity index (χ0n) is 8.87. The van der Waals surface area contributed by atoms with E-state index in [2.05, 4.69) is 5.32 Å². The minimum absolute atomic E-state index is 0.0556. The van der Waals surface area contributed by atoms with Crippen molar-refractivity contribution in [3.8, 4) is 0 Å². The number of hydrogen-bond donors (Lipinski definition) is 1. The van der Waals surface area contributed by atoms with Crippen LogP contribution >= 0.6 is 0 Å². The molecular formula is C9H18F3NO. The van der Waals surface area contributed by atoms with E-state index >= 15 is 0 Å². The normalized spacial score (nSPS) is 13.3. The Morgan fingerprint density at radius 2 is 1.79 bits per heavy atom. The van der Waals surface area contributed by atoms with Gasteiger partial charge in [0.25, 0.3) is 0 Å². The molecule has 0 spiro atoms. The van der Waals surface area contributed by atoms with Crippen LogP contribution in [-0.4, -0.2) is 31.5 Å². The van der Waals surface area contributed by atoms with Crippen molar-refractivity contribution in [3.63, 3.8) is 0 Å². The molecule has 5 heteroatoms. The number of alkyl halides is 3. The number of nitrogens with one attached hydrogen (secondary N) is 1. The maximum atomic E-state index is 11.8. The molecule has 2 nitrogen and oxygen atoms in total. The minimum Gasteiger partial charge on any atom is -0.375 e. The standard InChI is InChI=1S/C9H18F3NO/c1-4-14-8(2,3)7-13-6-5-9(10,11)12/h13H,4-7H2,1-3H3. The third-order valence-corrected chi connectivity index (χ3v) is 1.67. The number of halogens is 3. The highest BCUT2D eigenvalue weighted by atomic mass is 19.4. The highest BCUT2D eigenvalue weighted by molar-refractivity contribution is 4.71. The maximum Gasteiger partial charge on any atom is 0.390 e. The lowest BCUT2D eigenvalue weighted by atomic mass is 10.1. The molecule has 0 aliphatic heterocycles. The molecule has 0 atom stereocenters. The van der Waals surface area contributed by atoms with Crippen molar-refractivity contribution in [3.05, 3.63) is 0 Å². The molecule has 86 valence electrons. The molecule has 0 amide bonds. The van der Waals surface area contributed by atoms with E-state index in [1.165, 1.54) is 0 Å². The second kappa shape index (κ2) is 5.56. The van der Waals surface area contributed by atoms with Crippen LogP contribution in [0.25, 0.3) is 0 Å². The predicted molar refractivity (Wildman–Crippen MR) is 49.2 cm³/mol. The van der Waals surface area contributed by atoms with Gasteiger partial charge in [-0.05, 0) is 20.8 Å². The number of ether oxygens (including phenoxy) is 1. The first kappa shape index (κ1) is 13.7. The Morgan fingerprint density at radius 3 is 2.21 bits per heavy atom. The smallest absolute Gasteiger partial charge is 0.375 e. The molecule has 0 saturated heterocycles. The van der Waals surface area contributed by atoms with Crippen molar-refractivity contribution in [2.75, 3.05) is 19.7 Å². The Bertz CT molecular complexity index is 157. The summed E-state index contributed by atoms with van der Waals surface area (Å²) in [7, 11) is 0. The first-order chi connectivity index (χ1) is 6.27. The van der Waals surface area contributed by atoms with Crippen molar-refractivity contribution in [1.82, 2.24) is 5.32 Å². The van der Waals surface area contributed by atoms with E-state index in [4.69, 9.17) is 4.74 Å². The molecule has 0 heterocycles. The Labute approximate surface area is 82.8 Å². The predicted octanol–water partition coefficient (Wildman–Crippen LogP) is 2.34. The molecule has 0 aliphatic carbocycles. The van der Waals surface area contributed by atoms with Crippen LogP contribution in [0.4, 0.5) is 13.2 Å². The minimum atomic E-state index is -4.08. The topological polar surface area (TPSA) is 21.3 Å². The second-order valence-electron chi connectivity index (χ2n) is 3.73. The zero-order valence-corrected chi connectivity index (χ0v) is 8.87. The fourth-order valence-electron chi connectivity index (χ4n) is 1.06. The highest BCUT2D eigenvalue weighted by Crippen LogP contribution is 2.18. The van der Waals surface area contributed by atoms with E-state index in [9.17, 15) is 13.2 Å². The van der Waals surface area contributed by atoms with E-state index < -0.39 is 18.2 Å². The quantitative estimate of drug-likeness (QED) is 0.684. The fraction of sp³-hybridized carbons (Fsp3) is 1.00. The van der Waals surface area contributed by atoms with Gasteiger partial charge in [0.15, 0.2) is 0 Å². The van der Waals surface area contributed by atoms with Crippen LogP contribution < -0.4 is 5.32 Å². The third kappa shape index (κ3) is 8.31. The maximum absolute atomic E-state index is 11.8. The van der Waals surface area contributed by atoms with Crippen molar-refractivity contribution >= 4 is 0 Å². The molecule has 14 heavy (non-hydrogen) atoms. The van der Waals surface area contributed by atoms with E-state index in [0.29, 0.717) is 13.2 Å². The van der Waals surface area contributed by atoms with Gasteiger partial charge in [0.2, 0.25) is 0 Å². The van der Waals surface area contributed by atoms with E-state index in [1.54, 1.807) is 0 Å². The monoisotopic (exact) mass is 213 g/mol. The van der Waals surface area contributed by atoms with E-state index in [1.807, 2.05) is 20.8 Å². The summed E-state index contributed by atoms with van der Waals surface area (Å²) < 4.78 is 40.6. The summed E-state index contributed by atoms with van der Waals surface area (Å²) >= 11 is 0. The van der Waals surface area contributed by atoms with Gasteiger partial charge in [-0.1, -0.05) is 0 Å². The van der Waals surface area contributed by atoms with Crippen LogP contribution in [-0.2, 0) is 4.74 Å². The van der Waals surface area contributed by atoms with Gasteiger partial charge >= 0.3 is 6.18 Å². The summed E-state index contributed by atoms with van der Waals surface area (Å²) in [4.78, 5) is 0. The molecule has 0 radical (unpaired) electrons. The molecule has 0 aromatic carbocycles. The van der Waals surface area contributed by atoms with Gasteiger partial charge < -0.3 is 10.1 Å². The Balaban J connectivity index is 3.54. The van der Waals surface area contributed by atoms with Gasteiger partial charge in [-0.15, -0.1) is 0 Å². The second-order valence-corrected chi connectivity index (χ2v) is 3.73. The first-order valence-electron chi connectivity index (χ1n) is 4.68. The summed E-state index contributed by atoms with van der Waals surface area (Å²) in [5.74, 6) is 0. The number of hydrogen-bond acceptors (Lipinski definition) is 2. The van der Waals surface area contributed by atoms with Crippen LogP contribution in [0.5, 0.6) is 0 Å². The van der Waals surface area contributed by atoms with Crippen molar-refractivity contribution in [2.45, 2.75) is 39.0 Å². The zero-order chi connectivity index (χ0) is 11.2. The van der Waals surface area contributed by atoms with Crippen molar-refractivity contribution in [1.29, 1.82) is 0 Å².